The molecule has 0 heterocycles. The molecule has 0 fully saturated rings. The van der Waals surface area contributed by atoms with Crippen molar-refractivity contribution in [2.75, 3.05) is 13.6 Å². The smallest absolute Gasteiger partial charge is 0.248 e. The average Bonchev–Trinajstić information content (AvgIpc) is 2.69. The van der Waals surface area contributed by atoms with E-state index in [0.29, 0.717) is 41.5 Å². The van der Waals surface area contributed by atoms with Gasteiger partial charge in [0.1, 0.15) is 0 Å². The number of ketones is 2. The maximum absolute atomic E-state index is 12.3. The Bertz CT molecular complexity index is 701. The molecule has 2 unspecified atom stereocenters. The summed E-state index contributed by atoms with van der Waals surface area (Å²) in [7, 11) is 1.79. The highest BCUT2D eigenvalue weighted by Crippen LogP contribution is 2.28. The first-order valence-corrected chi connectivity index (χ1v) is 11.3. The molecule has 0 aliphatic carbocycles. The normalized spacial score (nSPS) is 14.0. The molecule has 0 aromatic rings. The van der Waals surface area contributed by atoms with Crippen LogP contribution in [0.25, 0.3) is 0 Å². The Labute approximate surface area is 190 Å². The van der Waals surface area contributed by atoms with Gasteiger partial charge in [0.05, 0.1) is 0 Å². The molecular weight excluding hydrogens is 386 g/mol. The molecule has 0 aliphatic heterocycles. The maximum atomic E-state index is 12.3. The van der Waals surface area contributed by atoms with E-state index in [1.165, 1.54) is 0 Å². The number of nitrogens with zero attached hydrogens (tertiary/aromatic N) is 1. The molecule has 0 aromatic carbocycles. The molecule has 31 heavy (non-hydrogen) atoms. The van der Waals surface area contributed by atoms with E-state index in [4.69, 9.17) is 0 Å². The van der Waals surface area contributed by atoms with Crippen LogP contribution >= 0.6 is 0 Å². The van der Waals surface area contributed by atoms with Crippen molar-refractivity contribution >= 4 is 17.5 Å². The lowest BCUT2D eigenvalue weighted by Gasteiger charge is -2.25. The third-order valence-electron chi connectivity index (χ3n) is 5.82. The molecule has 1 amide bonds. The molecule has 0 rings (SSSR count). The monoisotopic (exact) mass is 429 g/mol. The van der Waals surface area contributed by atoms with Crippen LogP contribution in [0.1, 0.15) is 73.1 Å². The number of Topliss-reactive ketones (excluding diaryl/α,β-unsaturated/α-hetero) is 1. The summed E-state index contributed by atoms with van der Waals surface area (Å²) in [5.74, 6) is 1.07. The van der Waals surface area contributed by atoms with E-state index in [2.05, 4.69) is 33.6 Å². The third kappa shape index (κ3) is 12.3. The summed E-state index contributed by atoms with van der Waals surface area (Å²) in [5, 5.41) is 0. The Hall–Kier alpha value is -2.23. The lowest BCUT2D eigenvalue weighted by atomic mass is 9.81. The number of amides is 1. The van der Waals surface area contributed by atoms with Crippen LogP contribution < -0.4 is 0 Å². The highest BCUT2D eigenvalue weighted by molar-refractivity contribution is 6.02. The fourth-order valence-corrected chi connectivity index (χ4v) is 3.51. The largest absolute Gasteiger partial charge is 0.342 e. The second kappa shape index (κ2) is 14.7. The minimum absolute atomic E-state index is 0.0197. The molecule has 4 heteroatoms. The molecule has 0 aliphatic rings. The van der Waals surface area contributed by atoms with E-state index < -0.39 is 0 Å². The fraction of sp³-hybridized carbons (Fsp3) is 0.593. The van der Waals surface area contributed by atoms with Gasteiger partial charge in [-0.1, -0.05) is 52.5 Å². The summed E-state index contributed by atoms with van der Waals surface area (Å²) in [4.78, 5) is 37.6. The third-order valence-corrected chi connectivity index (χ3v) is 5.82. The lowest BCUT2D eigenvalue weighted by Crippen LogP contribution is -2.28. The van der Waals surface area contributed by atoms with Crippen molar-refractivity contribution in [3.8, 4) is 0 Å². The lowest BCUT2D eigenvalue weighted by molar-refractivity contribution is -0.126. The van der Waals surface area contributed by atoms with Gasteiger partial charge >= 0.3 is 0 Å². The van der Waals surface area contributed by atoms with E-state index in [9.17, 15) is 14.4 Å². The van der Waals surface area contributed by atoms with Crippen molar-refractivity contribution < 1.29 is 14.4 Å². The molecule has 3 atom stereocenters. The predicted octanol–water partition coefficient (Wildman–Crippen LogP) is 6.10. The van der Waals surface area contributed by atoms with Gasteiger partial charge in [-0.2, -0.15) is 0 Å². The SMILES string of the molecule is C=C(C)C(=O)/C=C/C(C)CCC[C@@H](C)C(CCCN(C)C(=O)C(=C)C)CC(=O)C(=C)C. The molecular formula is C27H43NO3. The van der Waals surface area contributed by atoms with E-state index in [1.54, 1.807) is 38.8 Å². The van der Waals surface area contributed by atoms with Crippen LogP contribution in [0.5, 0.6) is 0 Å². The second-order valence-electron chi connectivity index (χ2n) is 9.21. The minimum atomic E-state index is -0.0326. The quantitative estimate of drug-likeness (QED) is 0.279. The Balaban J connectivity index is 4.74. The summed E-state index contributed by atoms with van der Waals surface area (Å²) < 4.78 is 0. The van der Waals surface area contributed by atoms with Crippen molar-refractivity contribution in [1.82, 2.24) is 4.90 Å². The first kappa shape index (κ1) is 28.8. The highest BCUT2D eigenvalue weighted by atomic mass is 16.2. The number of carbonyl (C=O) groups excluding carboxylic acids is 3. The summed E-state index contributed by atoms with van der Waals surface area (Å²) in [6.07, 6.45) is 8.91. The number of rotatable bonds is 16. The van der Waals surface area contributed by atoms with E-state index in [0.717, 1.165) is 32.1 Å². The predicted molar refractivity (Wildman–Crippen MR) is 131 cm³/mol. The maximum Gasteiger partial charge on any atom is 0.248 e. The Morgan fingerprint density at radius 1 is 0.871 bits per heavy atom. The first-order valence-electron chi connectivity index (χ1n) is 11.3. The van der Waals surface area contributed by atoms with Gasteiger partial charge in [0, 0.05) is 25.6 Å². The molecule has 0 bridgehead atoms. The number of carbonyl (C=O) groups is 3. The zero-order valence-electron chi connectivity index (χ0n) is 20.6. The van der Waals surface area contributed by atoms with Gasteiger partial charge in [0.25, 0.3) is 0 Å². The fourth-order valence-electron chi connectivity index (χ4n) is 3.51. The summed E-state index contributed by atoms with van der Waals surface area (Å²) >= 11 is 0. The zero-order valence-corrected chi connectivity index (χ0v) is 20.6. The van der Waals surface area contributed by atoms with Crippen LogP contribution in [0.4, 0.5) is 0 Å². The Morgan fingerprint density at radius 2 is 1.48 bits per heavy atom. The van der Waals surface area contributed by atoms with Crippen molar-refractivity contribution in [1.29, 1.82) is 0 Å². The van der Waals surface area contributed by atoms with Crippen LogP contribution in [0, 0.1) is 17.8 Å². The molecule has 4 nitrogen and oxygen atoms in total. The molecule has 0 N–H and O–H groups in total. The zero-order chi connectivity index (χ0) is 24.1. The van der Waals surface area contributed by atoms with Gasteiger partial charge < -0.3 is 4.90 Å². The number of hydrogen-bond donors (Lipinski definition) is 0. The summed E-state index contributed by atoms with van der Waals surface area (Å²) in [6, 6.07) is 0. The van der Waals surface area contributed by atoms with Crippen LogP contribution in [0.15, 0.2) is 48.6 Å². The molecule has 0 radical (unpaired) electrons. The molecule has 0 aromatic heterocycles. The van der Waals surface area contributed by atoms with Gasteiger partial charge in [-0.05, 0) is 75.0 Å². The van der Waals surface area contributed by atoms with Gasteiger partial charge in [-0.15, -0.1) is 0 Å². The van der Waals surface area contributed by atoms with E-state index in [-0.39, 0.29) is 23.4 Å². The standard InChI is InChI=1S/C27H43NO3/c1-19(2)25(29)16-15-22(7)12-10-13-23(8)24(18-26(30)20(3)4)14-11-17-28(9)27(31)21(5)6/h15-16,22-24H,1,3,5,10-14,17-18H2,2,4,6-9H3/b16-15+/t22?,23-,24?/m1/s1. The van der Waals surface area contributed by atoms with E-state index >= 15 is 0 Å². The van der Waals surface area contributed by atoms with Crippen LogP contribution in [-0.2, 0) is 14.4 Å². The molecule has 0 saturated heterocycles. The van der Waals surface area contributed by atoms with Crippen molar-refractivity contribution in [3.63, 3.8) is 0 Å². The summed E-state index contributed by atoms with van der Waals surface area (Å²) in [5.41, 5.74) is 1.70. The van der Waals surface area contributed by atoms with Gasteiger partial charge in [-0.25, -0.2) is 0 Å². The first-order chi connectivity index (χ1) is 14.4. The van der Waals surface area contributed by atoms with Crippen molar-refractivity contribution in [2.24, 2.45) is 17.8 Å². The van der Waals surface area contributed by atoms with Crippen molar-refractivity contribution in [2.45, 2.75) is 73.1 Å². The summed E-state index contributed by atoms with van der Waals surface area (Å²) in [6.45, 7) is 21.4. The Kier molecular flexibility index (Phi) is 13.7. The topological polar surface area (TPSA) is 54.5 Å². The van der Waals surface area contributed by atoms with Gasteiger partial charge in [0.2, 0.25) is 5.91 Å². The average molecular weight is 430 g/mol. The van der Waals surface area contributed by atoms with Crippen LogP contribution in [0.3, 0.4) is 0 Å². The minimum Gasteiger partial charge on any atom is -0.342 e. The number of allylic oxidation sites excluding steroid dienone is 4. The van der Waals surface area contributed by atoms with Crippen LogP contribution in [-0.4, -0.2) is 36.0 Å². The Morgan fingerprint density at radius 3 is 2.00 bits per heavy atom. The highest BCUT2D eigenvalue weighted by Gasteiger charge is 2.21. The van der Waals surface area contributed by atoms with Gasteiger partial charge in [0.15, 0.2) is 11.6 Å². The van der Waals surface area contributed by atoms with E-state index in [1.807, 2.05) is 6.08 Å². The molecule has 174 valence electrons. The second-order valence-corrected chi connectivity index (χ2v) is 9.21. The molecule has 0 saturated carbocycles. The molecule has 0 spiro atoms. The number of hydrogen-bond acceptors (Lipinski definition) is 3. The van der Waals surface area contributed by atoms with Crippen LogP contribution in [0.2, 0.25) is 0 Å². The van der Waals surface area contributed by atoms with Gasteiger partial charge in [-0.3, -0.25) is 14.4 Å². The van der Waals surface area contributed by atoms with Crippen molar-refractivity contribution in [3.05, 3.63) is 48.6 Å². The number of likely N-dealkylation sites (N-methyl/N-ethyl adjacent to an activating group) is 1.